The largest absolute Gasteiger partial charge is 0.444 e. The number of hydrogen-bond acceptors (Lipinski definition) is 3. The van der Waals surface area contributed by atoms with Crippen LogP contribution in [-0.4, -0.2) is 37.3 Å². The lowest BCUT2D eigenvalue weighted by Crippen LogP contribution is -2.34. The number of guanidine groups is 1. The van der Waals surface area contributed by atoms with Crippen molar-refractivity contribution in [3.63, 3.8) is 0 Å². The maximum Gasteiger partial charge on any atom is 0.407 e. The minimum absolute atomic E-state index is 0. The first kappa shape index (κ1) is 26.5. The van der Waals surface area contributed by atoms with Crippen molar-refractivity contribution in [2.24, 2.45) is 10.7 Å². The smallest absolute Gasteiger partial charge is 0.407 e. The number of nitrogens with two attached hydrogens (primary N) is 1. The highest BCUT2D eigenvalue weighted by atomic mass is 127. The predicted octanol–water partition coefficient (Wildman–Crippen LogP) is 4.17. The summed E-state index contributed by atoms with van der Waals surface area (Å²) in [6, 6.07) is 0. The van der Waals surface area contributed by atoms with Crippen molar-refractivity contribution in [2.75, 3.05) is 19.6 Å². The number of amides is 1. The van der Waals surface area contributed by atoms with Crippen LogP contribution in [0.1, 0.15) is 79.1 Å². The van der Waals surface area contributed by atoms with E-state index in [2.05, 4.69) is 22.5 Å². The number of carbonyl (C=O) groups is 1. The first-order valence-electron chi connectivity index (χ1n) is 9.36. The fourth-order valence-corrected chi connectivity index (χ4v) is 2.12. The maximum absolute atomic E-state index is 11.4. The van der Waals surface area contributed by atoms with Crippen LogP contribution < -0.4 is 16.4 Å². The summed E-state index contributed by atoms with van der Waals surface area (Å²) in [5, 5.41) is 5.84. The van der Waals surface area contributed by atoms with Gasteiger partial charge in [0, 0.05) is 19.6 Å². The minimum atomic E-state index is -0.452. The van der Waals surface area contributed by atoms with E-state index in [1.54, 1.807) is 0 Å². The van der Waals surface area contributed by atoms with E-state index in [1.807, 2.05) is 20.8 Å². The number of ether oxygens (including phenoxy) is 1. The van der Waals surface area contributed by atoms with Crippen molar-refractivity contribution in [1.29, 1.82) is 0 Å². The molecule has 1 amide bonds. The number of rotatable bonds is 12. The van der Waals surface area contributed by atoms with Gasteiger partial charge in [0.15, 0.2) is 5.96 Å². The molecular formula is C18H39IN4O2. The molecule has 0 radical (unpaired) electrons. The summed E-state index contributed by atoms with van der Waals surface area (Å²) in [6.45, 7) is 9.94. The third kappa shape index (κ3) is 21.2. The number of hydrogen-bond donors (Lipinski definition) is 3. The Morgan fingerprint density at radius 2 is 1.52 bits per heavy atom. The van der Waals surface area contributed by atoms with Crippen LogP contribution in [0.4, 0.5) is 4.79 Å². The van der Waals surface area contributed by atoms with Crippen LogP contribution >= 0.6 is 24.0 Å². The second-order valence-electron chi connectivity index (χ2n) is 7.10. The number of nitrogens with zero attached hydrogens (tertiary/aromatic N) is 1. The predicted molar refractivity (Wildman–Crippen MR) is 117 cm³/mol. The van der Waals surface area contributed by atoms with Gasteiger partial charge in [-0.1, -0.05) is 39.0 Å². The normalized spacial score (nSPS) is 11.6. The second kappa shape index (κ2) is 16.7. The molecule has 0 saturated heterocycles. The van der Waals surface area contributed by atoms with Crippen molar-refractivity contribution in [3.05, 3.63) is 0 Å². The first-order valence-corrected chi connectivity index (χ1v) is 9.36. The van der Waals surface area contributed by atoms with Crippen LogP contribution in [0.5, 0.6) is 0 Å². The van der Waals surface area contributed by atoms with E-state index in [0.29, 0.717) is 12.5 Å². The van der Waals surface area contributed by atoms with Gasteiger partial charge in [-0.25, -0.2) is 4.79 Å². The Kier molecular flexibility index (Phi) is 17.7. The molecule has 150 valence electrons. The summed E-state index contributed by atoms with van der Waals surface area (Å²) in [5.41, 5.74) is 5.37. The van der Waals surface area contributed by atoms with Crippen LogP contribution in [0, 0.1) is 0 Å². The van der Waals surface area contributed by atoms with E-state index >= 15 is 0 Å². The molecule has 4 N–H and O–H groups in total. The molecule has 0 fully saturated rings. The van der Waals surface area contributed by atoms with E-state index in [9.17, 15) is 4.79 Å². The lowest BCUT2D eigenvalue weighted by atomic mass is 10.1. The van der Waals surface area contributed by atoms with Gasteiger partial charge in [-0.2, -0.15) is 0 Å². The van der Waals surface area contributed by atoms with E-state index in [-0.39, 0.29) is 30.1 Å². The van der Waals surface area contributed by atoms with Crippen molar-refractivity contribution in [3.8, 4) is 0 Å². The summed E-state index contributed by atoms with van der Waals surface area (Å²) in [6.07, 6.45) is 8.99. The highest BCUT2D eigenvalue weighted by Gasteiger charge is 2.15. The molecule has 0 atom stereocenters. The highest BCUT2D eigenvalue weighted by molar-refractivity contribution is 14.0. The van der Waals surface area contributed by atoms with Gasteiger partial charge in [-0.05, 0) is 40.0 Å². The minimum Gasteiger partial charge on any atom is -0.444 e. The van der Waals surface area contributed by atoms with Crippen molar-refractivity contribution in [1.82, 2.24) is 10.6 Å². The standard InChI is InChI=1S/C18H38N4O2.HI/c1-5-6-7-8-9-10-13-20-16(19)21-14-11-12-15-22-17(23)24-18(2,3)4;/h5-15H2,1-4H3,(H,22,23)(H3,19,20,21);1H. The molecule has 25 heavy (non-hydrogen) atoms. The SMILES string of the molecule is CCCCCCCCN=C(N)NCCCCNC(=O)OC(C)(C)C.I. The summed E-state index contributed by atoms with van der Waals surface area (Å²) >= 11 is 0. The number of carbonyl (C=O) groups excluding carboxylic acids is 1. The summed E-state index contributed by atoms with van der Waals surface area (Å²) in [7, 11) is 0. The lowest BCUT2D eigenvalue weighted by molar-refractivity contribution is 0.0527. The van der Waals surface area contributed by atoms with Crippen LogP contribution in [0.3, 0.4) is 0 Å². The van der Waals surface area contributed by atoms with Gasteiger partial charge < -0.3 is 21.1 Å². The molecule has 0 aromatic carbocycles. The molecule has 0 aliphatic carbocycles. The first-order chi connectivity index (χ1) is 11.3. The van der Waals surface area contributed by atoms with Gasteiger partial charge in [0.1, 0.15) is 5.60 Å². The molecule has 0 bridgehead atoms. The molecule has 0 aliphatic heterocycles. The Balaban J connectivity index is 0. The molecule has 0 spiro atoms. The van der Waals surface area contributed by atoms with E-state index in [0.717, 1.165) is 32.4 Å². The number of aliphatic imine (C=N–C) groups is 1. The van der Waals surface area contributed by atoms with Gasteiger partial charge in [-0.3, -0.25) is 4.99 Å². The van der Waals surface area contributed by atoms with Gasteiger partial charge in [0.05, 0.1) is 0 Å². The fraction of sp³-hybridized carbons (Fsp3) is 0.889. The van der Waals surface area contributed by atoms with E-state index in [1.165, 1.54) is 32.1 Å². The lowest BCUT2D eigenvalue weighted by Gasteiger charge is -2.19. The molecular weight excluding hydrogens is 431 g/mol. The third-order valence-electron chi connectivity index (χ3n) is 3.37. The molecule has 0 unspecified atom stereocenters. The number of alkyl carbamates (subject to hydrolysis) is 1. The fourth-order valence-electron chi connectivity index (χ4n) is 2.12. The zero-order chi connectivity index (χ0) is 18.3. The average Bonchev–Trinajstić information content (AvgIpc) is 2.48. The maximum atomic E-state index is 11.4. The Hall–Kier alpha value is -0.730. The highest BCUT2D eigenvalue weighted by Crippen LogP contribution is 2.06. The Bertz CT molecular complexity index is 357. The summed E-state index contributed by atoms with van der Waals surface area (Å²) in [5.74, 6) is 0.517. The molecule has 0 aliphatic rings. The zero-order valence-electron chi connectivity index (χ0n) is 16.5. The van der Waals surface area contributed by atoms with Crippen LogP contribution in [0.2, 0.25) is 0 Å². The quantitative estimate of drug-likeness (QED) is 0.173. The Morgan fingerprint density at radius 3 is 2.12 bits per heavy atom. The van der Waals surface area contributed by atoms with Crippen LogP contribution in [-0.2, 0) is 4.74 Å². The topological polar surface area (TPSA) is 88.7 Å². The van der Waals surface area contributed by atoms with Gasteiger partial charge in [-0.15, -0.1) is 24.0 Å². The number of halogens is 1. The Morgan fingerprint density at radius 1 is 0.960 bits per heavy atom. The number of unbranched alkanes of at least 4 members (excludes halogenated alkanes) is 6. The molecule has 0 aromatic rings. The number of nitrogens with one attached hydrogen (secondary N) is 2. The van der Waals surface area contributed by atoms with Crippen LogP contribution in [0.15, 0.2) is 4.99 Å². The summed E-state index contributed by atoms with van der Waals surface area (Å²) in [4.78, 5) is 15.8. The average molecular weight is 470 g/mol. The van der Waals surface area contributed by atoms with Crippen molar-refractivity contribution >= 4 is 36.0 Å². The van der Waals surface area contributed by atoms with Crippen molar-refractivity contribution in [2.45, 2.75) is 84.7 Å². The monoisotopic (exact) mass is 470 g/mol. The van der Waals surface area contributed by atoms with Crippen LogP contribution in [0.25, 0.3) is 0 Å². The van der Waals surface area contributed by atoms with Gasteiger partial charge in [0.25, 0.3) is 0 Å². The summed E-state index contributed by atoms with van der Waals surface area (Å²) < 4.78 is 5.16. The van der Waals surface area contributed by atoms with Gasteiger partial charge >= 0.3 is 6.09 Å². The van der Waals surface area contributed by atoms with Gasteiger partial charge in [0.2, 0.25) is 0 Å². The molecule has 0 heterocycles. The molecule has 0 saturated carbocycles. The second-order valence-corrected chi connectivity index (χ2v) is 7.10. The molecule has 6 nitrogen and oxygen atoms in total. The molecule has 7 heteroatoms. The zero-order valence-corrected chi connectivity index (χ0v) is 18.9. The third-order valence-corrected chi connectivity index (χ3v) is 3.37. The van der Waals surface area contributed by atoms with E-state index in [4.69, 9.17) is 10.5 Å². The van der Waals surface area contributed by atoms with E-state index < -0.39 is 5.60 Å². The van der Waals surface area contributed by atoms with Crippen molar-refractivity contribution < 1.29 is 9.53 Å². The molecule has 0 rings (SSSR count). The Labute approximate surface area is 171 Å². The molecule has 0 aromatic heterocycles.